The molecule has 2 bridgehead atoms. The maximum absolute atomic E-state index is 14.9. The van der Waals surface area contributed by atoms with Gasteiger partial charge in [0.1, 0.15) is 30.0 Å². The van der Waals surface area contributed by atoms with Crippen molar-refractivity contribution < 1.29 is 68.1 Å². The number of hydrogen-bond donors (Lipinski definition) is 5. The molecule has 2 aromatic rings. The van der Waals surface area contributed by atoms with E-state index in [9.17, 15) is 44.4 Å². The third-order valence-corrected chi connectivity index (χ3v) is 12.7. The zero-order chi connectivity index (χ0) is 42.5. The summed E-state index contributed by atoms with van der Waals surface area (Å²) in [5.74, 6) is -5.35. The van der Waals surface area contributed by atoms with E-state index in [1.807, 2.05) is 13.8 Å². The largest absolute Gasteiger partial charge is 0.456 e. The second-order valence-corrected chi connectivity index (χ2v) is 17.1. The molecule has 0 aromatic heterocycles. The van der Waals surface area contributed by atoms with Gasteiger partial charge in [-0.3, -0.25) is 9.59 Å². The molecule has 11 atom stereocenters. The average molecular weight is 808 g/mol. The first-order valence-electron chi connectivity index (χ1n) is 19.5. The van der Waals surface area contributed by atoms with Gasteiger partial charge in [-0.15, -0.1) is 0 Å². The smallest absolute Gasteiger partial charge is 0.407 e. The number of esters is 3. The number of ether oxygens (including phenoxy) is 5. The van der Waals surface area contributed by atoms with Crippen molar-refractivity contribution in [3.8, 4) is 0 Å². The molecule has 15 heteroatoms. The van der Waals surface area contributed by atoms with Crippen molar-refractivity contribution in [3.63, 3.8) is 0 Å². The van der Waals surface area contributed by atoms with Crippen molar-refractivity contribution >= 4 is 29.8 Å². The van der Waals surface area contributed by atoms with Gasteiger partial charge >= 0.3 is 24.0 Å². The first-order valence-corrected chi connectivity index (χ1v) is 19.5. The van der Waals surface area contributed by atoms with Gasteiger partial charge < -0.3 is 49.4 Å². The zero-order valence-corrected chi connectivity index (χ0v) is 33.7. The monoisotopic (exact) mass is 807 g/mol. The molecule has 2 saturated carbocycles. The number of hydrogen-bond acceptors (Lipinski definition) is 14. The molecular weight excluding hydrogens is 754 g/mol. The Bertz CT molecular complexity index is 1950. The minimum absolute atomic E-state index is 0.000264. The molecule has 0 radical (unpaired) electrons. The van der Waals surface area contributed by atoms with Crippen LogP contribution < -0.4 is 5.32 Å². The highest BCUT2D eigenvalue weighted by Gasteiger charge is 2.78. The summed E-state index contributed by atoms with van der Waals surface area (Å²) in [4.78, 5) is 68.8. The molecular formula is C43H53NO14. The van der Waals surface area contributed by atoms with Gasteiger partial charge in [-0.05, 0) is 48.6 Å². The third kappa shape index (κ3) is 7.10. The predicted octanol–water partition coefficient (Wildman–Crippen LogP) is 3.12. The lowest BCUT2D eigenvalue weighted by Crippen LogP contribution is -2.81. The number of alkyl carbamates (subject to hydrolysis) is 1. The second-order valence-electron chi connectivity index (χ2n) is 17.1. The van der Waals surface area contributed by atoms with Crippen molar-refractivity contribution in [1.82, 2.24) is 5.32 Å². The number of nitrogens with one attached hydrogen (secondary N) is 1. The summed E-state index contributed by atoms with van der Waals surface area (Å²) >= 11 is 0. The molecule has 2 aromatic carbocycles. The summed E-state index contributed by atoms with van der Waals surface area (Å²) in [7, 11) is 0. The Morgan fingerprint density at radius 2 is 1.59 bits per heavy atom. The first kappa shape index (κ1) is 42.9. The van der Waals surface area contributed by atoms with E-state index in [1.165, 1.54) is 26.0 Å². The lowest BCUT2D eigenvalue weighted by molar-refractivity contribution is -0.346. The van der Waals surface area contributed by atoms with Gasteiger partial charge in [0.2, 0.25) is 0 Å². The number of aliphatic hydroxyl groups excluding tert-OH is 3. The van der Waals surface area contributed by atoms with Crippen LogP contribution in [-0.4, -0.2) is 111 Å². The van der Waals surface area contributed by atoms with E-state index in [4.69, 9.17) is 23.7 Å². The summed E-state index contributed by atoms with van der Waals surface area (Å²) in [6.07, 6.45) is -11.4. The molecule has 3 fully saturated rings. The van der Waals surface area contributed by atoms with Crippen molar-refractivity contribution in [2.75, 3.05) is 13.2 Å². The average Bonchev–Trinajstić information content (AvgIpc) is 3.17. The molecule has 4 aliphatic rings. The molecule has 1 unspecified atom stereocenters. The number of rotatable bonds is 10. The van der Waals surface area contributed by atoms with E-state index in [2.05, 4.69) is 5.32 Å². The first-order chi connectivity index (χ1) is 27.2. The van der Waals surface area contributed by atoms with Gasteiger partial charge in [0.05, 0.1) is 42.3 Å². The van der Waals surface area contributed by atoms with E-state index < -0.39 is 107 Å². The van der Waals surface area contributed by atoms with Crippen LogP contribution in [0.25, 0.3) is 0 Å². The van der Waals surface area contributed by atoms with Crippen molar-refractivity contribution in [3.05, 3.63) is 82.9 Å². The summed E-state index contributed by atoms with van der Waals surface area (Å²) in [5.41, 5.74) is -7.19. The number of amides is 1. The molecule has 15 nitrogen and oxygen atoms in total. The van der Waals surface area contributed by atoms with Crippen LogP contribution in [-0.2, 0) is 38.1 Å². The lowest BCUT2D eigenvalue weighted by Gasteiger charge is -2.67. The standard InChI is InChI=1S/C43H53NO14/c1-22(2)20-54-39(52)44-31(25-14-10-8-11-15-25)33(48)38(51)56-27-19-43(53)36(57-37(50)26-16-12-9-13-17-26)34-41(7,35(49)32(47)30(23(27)3)40(43,5)6)28(46)18-29-42(34,21-55-29)58-24(4)45/h8-17,22,27-29,31-34,36,46-48,53H,18-21H2,1-7H3,(H,44,52)/t27?,28-,29+,31-,32+,33+,34-,36-,41+,42-,43+/m0/s1. The Labute approximate surface area is 336 Å². The van der Waals surface area contributed by atoms with Gasteiger partial charge in [0.15, 0.2) is 17.5 Å². The summed E-state index contributed by atoms with van der Waals surface area (Å²) < 4.78 is 29.4. The van der Waals surface area contributed by atoms with Crippen LogP contribution in [0.1, 0.15) is 83.3 Å². The fourth-order valence-corrected chi connectivity index (χ4v) is 9.54. The van der Waals surface area contributed by atoms with Crippen LogP contribution in [0, 0.1) is 22.7 Å². The molecule has 6 rings (SSSR count). The molecule has 314 valence electrons. The van der Waals surface area contributed by atoms with Crippen molar-refractivity contribution in [1.29, 1.82) is 0 Å². The fourth-order valence-electron chi connectivity index (χ4n) is 9.54. The molecule has 1 amide bonds. The molecule has 1 aliphatic heterocycles. The number of ketones is 1. The van der Waals surface area contributed by atoms with E-state index in [0.717, 1.165) is 6.92 Å². The molecule has 3 aliphatic carbocycles. The predicted molar refractivity (Wildman–Crippen MR) is 204 cm³/mol. The Morgan fingerprint density at radius 1 is 0.966 bits per heavy atom. The normalized spacial score (nSPS) is 33.5. The maximum Gasteiger partial charge on any atom is 0.407 e. The van der Waals surface area contributed by atoms with E-state index in [1.54, 1.807) is 62.4 Å². The Morgan fingerprint density at radius 3 is 2.16 bits per heavy atom. The van der Waals surface area contributed by atoms with E-state index >= 15 is 0 Å². The van der Waals surface area contributed by atoms with E-state index in [-0.39, 0.29) is 42.3 Å². The quantitative estimate of drug-likeness (QED) is 0.132. The van der Waals surface area contributed by atoms with Crippen LogP contribution in [0.3, 0.4) is 0 Å². The van der Waals surface area contributed by atoms with Crippen LogP contribution in [0.2, 0.25) is 0 Å². The Kier molecular flexibility index (Phi) is 11.7. The highest BCUT2D eigenvalue weighted by atomic mass is 16.6. The number of fused-ring (bicyclic) bond motifs is 5. The summed E-state index contributed by atoms with van der Waals surface area (Å²) in [6.45, 7) is 10.6. The SMILES string of the molecule is CC(=O)O[C@@]12CO[C@@H]1C[C@H](O)[C@@]1(C)C(=O)[C@H](O)C3=C(C)C(OC(=O)[C@H](O)[C@@H](NC(=O)OCC(C)C)c4ccccc4)C[C@@](O)([C@@H](OC(=O)c4ccccc4)[C@H]21)C3(C)C. The topological polar surface area (TPSA) is 224 Å². The molecule has 1 heterocycles. The van der Waals surface area contributed by atoms with Crippen LogP contribution in [0.15, 0.2) is 71.8 Å². The number of benzene rings is 2. The molecule has 1 saturated heterocycles. The highest BCUT2D eigenvalue weighted by molar-refractivity contribution is 5.94. The van der Waals surface area contributed by atoms with Crippen LogP contribution >= 0.6 is 0 Å². The van der Waals surface area contributed by atoms with E-state index in [0.29, 0.717) is 5.56 Å². The molecule has 58 heavy (non-hydrogen) atoms. The number of carbonyl (C=O) groups is 5. The minimum atomic E-state index is -2.35. The summed E-state index contributed by atoms with van der Waals surface area (Å²) in [6, 6.07) is 14.7. The van der Waals surface area contributed by atoms with Gasteiger partial charge in [-0.2, -0.15) is 0 Å². The molecule has 0 spiro atoms. The summed E-state index contributed by atoms with van der Waals surface area (Å²) in [5, 5.41) is 51.5. The zero-order valence-electron chi connectivity index (χ0n) is 33.7. The Balaban J connectivity index is 1.48. The van der Waals surface area contributed by atoms with Crippen molar-refractivity contribution in [2.45, 2.75) is 115 Å². The maximum atomic E-state index is 14.9. The fraction of sp³-hybridized carbons (Fsp3) is 0.558. The highest BCUT2D eigenvalue weighted by Crippen LogP contribution is 2.64. The van der Waals surface area contributed by atoms with Crippen LogP contribution in [0.4, 0.5) is 4.79 Å². The Hall–Kier alpha value is -4.67. The second kappa shape index (κ2) is 15.8. The minimum Gasteiger partial charge on any atom is -0.456 e. The van der Waals surface area contributed by atoms with Gasteiger partial charge in [-0.1, -0.05) is 76.2 Å². The van der Waals surface area contributed by atoms with Crippen LogP contribution in [0.5, 0.6) is 0 Å². The number of Topliss-reactive ketones (excluding diaryl/α,β-unsaturated/α-hetero) is 1. The van der Waals surface area contributed by atoms with Crippen molar-refractivity contribution in [2.24, 2.45) is 22.7 Å². The van der Waals surface area contributed by atoms with Gasteiger partial charge in [0, 0.05) is 25.2 Å². The molecule has 5 N–H and O–H groups in total. The lowest BCUT2D eigenvalue weighted by atomic mass is 9.44. The van der Waals surface area contributed by atoms with Gasteiger partial charge in [-0.25, -0.2) is 14.4 Å². The number of aliphatic hydroxyl groups is 4. The number of carbonyl (C=O) groups excluding carboxylic acids is 5. The third-order valence-electron chi connectivity index (χ3n) is 12.7. The van der Waals surface area contributed by atoms with Gasteiger partial charge in [0.25, 0.3) is 0 Å².